The van der Waals surface area contributed by atoms with E-state index in [0.717, 1.165) is 16.8 Å². The molecule has 5 rings (SSSR count). The van der Waals surface area contributed by atoms with Gasteiger partial charge in [0.15, 0.2) is 5.69 Å². The fourth-order valence-electron chi connectivity index (χ4n) is 3.50. The smallest absolute Gasteiger partial charge is 0.278 e. The Kier molecular flexibility index (Phi) is 4.24. The third-order valence-electron chi connectivity index (χ3n) is 5.37. The van der Waals surface area contributed by atoms with Gasteiger partial charge in [-0.25, -0.2) is 9.37 Å². The Bertz CT molecular complexity index is 1180. The molecule has 0 radical (unpaired) electrons. The maximum atomic E-state index is 13.2. The summed E-state index contributed by atoms with van der Waals surface area (Å²) in [5.41, 5.74) is 5.75. The van der Waals surface area contributed by atoms with Crippen molar-refractivity contribution in [3.05, 3.63) is 77.0 Å². The van der Waals surface area contributed by atoms with E-state index >= 15 is 0 Å². The number of aromatic nitrogens is 4. The van der Waals surface area contributed by atoms with Gasteiger partial charge in [-0.05, 0) is 48.7 Å². The molecule has 3 heterocycles. The van der Waals surface area contributed by atoms with Gasteiger partial charge in [0, 0.05) is 5.56 Å². The molecular formula is C22H19FN4O2. The zero-order valence-electron chi connectivity index (χ0n) is 16.1. The molecule has 0 bridgehead atoms. The van der Waals surface area contributed by atoms with Crippen molar-refractivity contribution in [2.75, 3.05) is 0 Å². The van der Waals surface area contributed by atoms with Crippen molar-refractivity contribution >= 4 is 0 Å². The fraction of sp³-hybridized carbons (Fsp3) is 0.227. The Morgan fingerprint density at radius 1 is 1.07 bits per heavy atom. The van der Waals surface area contributed by atoms with Crippen LogP contribution in [0.4, 0.5) is 4.39 Å². The molecule has 0 saturated heterocycles. The second-order valence-corrected chi connectivity index (χ2v) is 7.27. The number of rotatable bonds is 3. The van der Waals surface area contributed by atoms with Gasteiger partial charge in [-0.2, -0.15) is 4.98 Å². The van der Waals surface area contributed by atoms with Gasteiger partial charge >= 0.3 is 0 Å². The van der Waals surface area contributed by atoms with Crippen molar-refractivity contribution in [2.24, 2.45) is 0 Å². The summed E-state index contributed by atoms with van der Waals surface area (Å²) in [5, 5.41) is 4.12. The van der Waals surface area contributed by atoms with Crippen LogP contribution in [-0.2, 0) is 17.9 Å². The van der Waals surface area contributed by atoms with Crippen LogP contribution in [0.1, 0.15) is 28.5 Å². The number of hydrogen-bond donors (Lipinski definition) is 0. The van der Waals surface area contributed by atoms with E-state index in [9.17, 15) is 4.39 Å². The predicted octanol–water partition coefficient (Wildman–Crippen LogP) is 4.63. The molecule has 0 fully saturated rings. The summed E-state index contributed by atoms with van der Waals surface area (Å²) in [6.07, 6.45) is 1.60. The lowest BCUT2D eigenvalue weighted by Crippen LogP contribution is -2.20. The summed E-state index contributed by atoms with van der Waals surface area (Å²) in [6, 6.07) is 12.5. The van der Waals surface area contributed by atoms with E-state index < -0.39 is 0 Å². The average molecular weight is 390 g/mol. The van der Waals surface area contributed by atoms with E-state index in [1.54, 1.807) is 18.5 Å². The highest BCUT2D eigenvalue weighted by Gasteiger charge is 2.26. The van der Waals surface area contributed by atoms with Gasteiger partial charge in [-0.15, -0.1) is 0 Å². The molecule has 1 atom stereocenters. The number of benzene rings is 2. The summed E-state index contributed by atoms with van der Waals surface area (Å²) in [4.78, 5) is 9.01. The normalized spacial score (nSPS) is 16.0. The second kappa shape index (κ2) is 6.93. The maximum absolute atomic E-state index is 13.2. The van der Waals surface area contributed by atoms with E-state index in [4.69, 9.17) is 9.26 Å². The number of hydrogen-bond acceptors (Lipinski definition) is 5. The second-order valence-electron chi connectivity index (χ2n) is 7.27. The van der Waals surface area contributed by atoms with Crippen molar-refractivity contribution in [3.8, 4) is 23.0 Å². The minimum Gasteiger partial charge on any atom is -0.365 e. The van der Waals surface area contributed by atoms with Gasteiger partial charge in [0.1, 0.15) is 11.9 Å². The first kappa shape index (κ1) is 17.8. The van der Waals surface area contributed by atoms with E-state index in [1.807, 2.05) is 22.8 Å². The molecule has 146 valence electrons. The van der Waals surface area contributed by atoms with Crippen LogP contribution in [-0.4, -0.2) is 19.7 Å². The summed E-state index contributed by atoms with van der Waals surface area (Å²) in [5.74, 6) is 0.646. The van der Waals surface area contributed by atoms with E-state index in [1.165, 1.54) is 23.3 Å². The Balaban J connectivity index is 1.41. The predicted molar refractivity (Wildman–Crippen MR) is 104 cm³/mol. The van der Waals surface area contributed by atoms with Crippen LogP contribution in [0.5, 0.6) is 0 Å². The molecule has 4 aromatic rings. The van der Waals surface area contributed by atoms with E-state index in [-0.39, 0.29) is 11.9 Å². The monoisotopic (exact) mass is 390 g/mol. The zero-order chi connectivity index (χ0) is 20.0. The summed E-state index contributed by atoms with van der Waals surface area (Å²) >= 11 is 0. The lowest BCUT2D eigenvalue weighted by Gasteiger charge is -2.25. The van der Waals surface area contributed by atoms with E-state index in [0.29, 0.717) is 30.6 Å². The Hall–Kier alpha value is -3.32. The summed E-state index contributed by atoms with van der Waals surface area (Å²) in [7, 11) is 0. The zero-order valence-corrected chi connectivity index (χ0v) is 16.1. The van der Waals surface area contributed by atoms with Gasteiger partial charge < -0.3 is 13.8 Å². The molecule has 1 aliphatic rings. The summed E-state index contributed by atoms with van der Waals surface area (Å²) < 4.78 is 26.7. The van der Waals surface area contributed by atoms with Crippen LogP contribution in [0.25, 0.3) is 23.0 Å². The van der Waals surface area contributed by atoms with Crippen LogP contribution in [0.15, 0.2) is 53.3 Å². The molecule has 1 aliphatic heterocycles. The lowest BCUT2D eigenvalue weighted by molar-refractivity contribution is 0.00326. The van der Waals surface area contributed by atoms with Gasteiger partial charge in [0.2, 0.25) is 5.82 Å². The molecule has 0 amide bonds. The van der Waals surface area contributed by atoms with Crippen LogP contribution in [0.2, 0.25) is 0 Å². The molecule has 0 unspecified atom stereocenters. The summed E-state index contributed by atoms with van der Waals surface area (Å²) in [6.45, 7) is 5.07. The van der Waals surface area contributed by atoms with Crippen molar-refractivity contribution in [2.45, 2.75) is 33.1 Å². The SMILES string of the molecule is Cc1ccc(-c2noc(-c3ncn4c3CO[C@@H](c3ccc(F)cc3)C4)n2)cc1C. The number of imidazole rings is 1. The van der Waals surface area contributed by atoms with Crippen LogP contribution < -0.4 is 0 Å². The van der Waals surface area contributed by atoms with Gasteiger partial charge in [0.25, 0.3) is 5.89 Å². The first-order valence-corrected chi connectivity index (χ1v) is 9.41. The Morgan fingerprint density at radius 2 is 1.90 bits per heavy atom. The third-order valence-corrected chi connectivity index (χ3v) is 5.37. The van der Waals surface area contributed by atoms with Gasteiger partial charge in [-0.1, -0.05) is 29.4 Å². The molecular weight excluding hydrogens is 371 g/mol. The van der Waals surface area contributed by atoms with E-state index in [2.05, 4.69) is 29.0 Å². The maximum Gasteiger partial charge on any atom is 0.278 e. The standard InChI is InChI=1S/C22H19FN4O2/c1-13-3-4-16(9-14(13)2)21-25-22(29-26-21)20-18-11-28-19(10-27(18)12-24-20)15-5-7-17(23)8-6-15/h3-9,12,19H,10-11H2,1-2H3/t19-/m1/s1. The highest BCUT2D eigenvalue weighted by molar-refractivity contribution is 5.60. The molecule has 6 nitrogen and oxygen atoms in total. The Morgan fingerprint density at radius 3 is 2.69 bits per heavy atom. The molecule has 2 aromatic heterocycles. The first-order chi connectivity index (χ1) is 14.1. The van der Waals surface area contributed by atoms with Crippen molar-refractivity contribution in [3.63, 3.8) is 0 Å². The first-order valence-electron chi connectivity index (χ1n) is 9.41. The third kappa shape index (κ3) is 3.23. The van der Waals surface area contributed by atoms with Gasteiger partial charge in [0.05, 0.1) is 25.2 Å². The number of aryl methyl sites for hydroxylation is 2. The lowest BCUT2D eigenvalue weighted by atomic mass is 10.1. The van der Waals surface area contributed by atoms with Crippen molar-refractivity contribution < 1.29 is 13.7 Å². The molecule has 0 N–H and O–H groups in total. The van der Waals surface area contributed by atoms with Crippen LogP contribution in [0, 0.1) is 19.7 Å². The average Bonchev–Trinajstić information content (AvgIpc) is 3.37. The highest BCUT2D eigenvalue weighted by Crippen LogP contribution is 2.32. The quantitative estimate of drug-likeness (QED) is 0.510. The molecule has 0 spiro atoms. The molecule has 2 aromatic carbocycles. The van der Waals surface area contributed by atoms with Crippen LogP contribution >= 0.6 is 0 Å². The van der Waals surface area contributed by atoms with Crippen LogP contribution in [0.3, 0.4) is 0 Å². The number of ether oxygens (including phenoxy) is 1. The fourth-order valence-corrected chi connectivity index (χ4v) is 3.50. The Labute approximate surface area is 167 Å². The molecule has 0 saturated carbocycles. The number of halogens is 1. The van der Waals surface area contributed by atoms with Crippen molar-refractivity contribution in [1.29, 1.82) is 0 Å². The van der Waals surface area contributed by atoms with Gasteiger partial charge in [-0.3, -0.25) is 0 Å². The minimum absolute atomic E-state index is 0.154. The molecule has 29 heavy (non-hydrogen) atoms. The highest BCUT2D eigenvalue weighted by atomic mass is 19.1. The molecule has 0 aliphatic carbocycles. The minimum atomic E-state index is -0.258. The topological polar surface area (TPSA) is 66.0 Å². The molecule has 7 heteroatoms. The van der Waals surface area contributed by atoms with Crippen molar-refractivity contribution in [1.82, 2.24) is 19.7 Å². The largest absolute Gasteiger partial charge is 0.365 e. The number of fused-ring (bicyclic) bond motifs is 1. The number of nitrogens with zero attached hydrogens (tertiary/aromatic N) is 4.